The van der Waals surface area contributed by atoms with E-state index in [0.29, 0.717) is 0 Å². The number of nitrogens with two attached hydrogens (primary N) is 2. The molecule has 1 aliphatic rings. The van der Waals surface area contributed by atoms with Gasteiger partial charge in [-0.3, -0.25) is 9.48 Å². The molecule has 1 aromatic heterocycles. The second-order valence-electron chi connectivity index (χ2n) is 5.31. The molecular weight excluding hydrogens is 332 g/mol. The van der Waals surface area contributed by atoms with Gasteiger partial charge in [0.15, 0.2) is 0 Å². The summed E-state index contributed by atoms with van der Waals surface area (Å²) in [4.78, 5) is 11.3. The van der Waals surface area contributed by atoms with Crippen molar-refractivity contribution in [3.05, 3.63) is 40.0 Å². The molecule has 4 N–H and O–H groups in total. The van der Waals surface area contributed by atoms with Gasteiger partial charge in [0.25, 0.3) is 0 Å². The largest absolute Gasteiger partial charge is 0.368 e. The van der Waals surface area contributed by atoms with Gasteiger partial charge in [0.05, 0.1) is 5.69 Å². The molecule has 0 fully saturated rings. The zero-order valence-electron chi connectivity index (χ0n) is 11.6. The lowest BCUT2D eigenvalue weighted by molar-refractivity contribution is -0.118. The molecule has 6 heteroatoms. The smallest absolute Gasteiger partial charge is 0.239 e. The van der Waals surface area contributed by atoms with Gasteiger partial charge in [-0.25, -0.2) is 0 Å². The first-order chi connectivity index (χ1) is 10.1. The van der Waals surface area contributed by atoms with Crippen molar-refractivity contribution in [3.63, 3.8) is 0 Å². The Labute approximate surface area is 131 Å². The molecule has 0 aliphatic heterocycles. The van der Waals surface area contributed by atoms with Gasteiger partial charge in [-0.1, -0.05) is 34.1 Å². The van der Waals surface area contributed by atoms with E-state index in [1.165, 1.54) is 0 Å². The summed E-state index contributed by atoms with van der Waals surface area (Å²) < 4.78 is 2.68. The number of aromatic nitrogens is 2. The fraction of sp³-hybridized carbons (Fsp3) is 0.333. The van der Waals surface area contributed by atoms with E-state index in [4.69, 9.17) is 11.5 Å². The number of primary amides is 1. The highest BCUT2D eigenvalue weighted by Gasteiger charge is 2.28. The molecule has 0 radical (unpaired) electrons. The average Bonchev–Trinajstić information content (AvgIpc) is 2.79. The van der Waals surface area contributed by atoms with Crippen molar-refractivity contribution >= 4 is 21.8 Å². The minimum Gasteiger partial charge on any atom is -0.368 e. The summed E-state index contributed by atoms with van der Waals surface area (Å²) in [6.45, 7) is 0.0967. The van der Waals surface area contributed by atoms with Crippen LogP contribution in [0.2, 0.25) is 0 Å². The molecule has 2 aromatic rings. The van der Waals surface area contributed by atoms with E-state index in [2.05, 4.69) is 21.0 Å². The lowest BCUT2D eigenvalue weighted by Gasteiger charge is -2.20. The van der Waals surface area contributed by atoms with E-state index in [0.717, 1.165) is 46.2 Å². The summed E-state index contributed by atoms with van der Waals surface area (Å²) in [5.74, 6) is -0.391. The molecule has 3 rings (SSSR count). The van der Waals surface area contributed by atoms with Gasteiger partial charge >= 0.3 is 0 Å². The molecule has 1 aromatic carbocycles. The second kappa shape index (κ2) is 5.61. The third-order valence-corrected chi connectivity index (χ3v) is 4.52. The molecule has 0 saturated heterocycles. The van der Waals surface area contributed by atoms with Crippen molar-refractivity contribution in [3.8, 4) is 11.3 Å². The number of hydrogen-bond donors (Lipinski definition) is 2. The highest BCUT2D eigenvalue weighted by atomic mass is 79.9. The molecule has 5 nitrogen and oxygen atoms in total. The van der Waals surface area contributed by atoms with Gasteiger partial charge in [0.1, 0.15) is 6.54 Å². The van der Waals surface area contributed by atoms with E-state index in [1.807, 2.05) is 24.3 Å². The van der Waals surface area contributed by atoms with Crippen LogP contribution in [0.25, 0.3) is 11.3 Å². The second-order valence-corrected chi connectivity index (χ2v) is 6.17. The maximum absolute atomic E-state index is 11.3. The van der Waals surface area contributed by atoms with Crippen molar-refractivity contribution in [2.45, 2.75) is 31.8 Å². The van der Waals surface area contributed by atoms with Crippen LogP contribution in [0.15, 0.2) is 28.7 Å². The van der Waals surface area contributed by atoms with Crippen molar-refractivity contribution in [1.82, 2.24) is 9.78 Å². The Kier molecular flexibility index (Phi) is 3.82. The van der Waals surface area contributed by atoms with E-state index in [-0.39, 0.29) is 12.6 Å². The highest BCUT2D eigenvalue weighted by molar-refractivity contribution is 9.10. The topological polar surface area (TPSA) is 86.9 Å². The van der Waals surface area contributed by atoms with Crippen LogP contribution in [0.1, 0.15) is 30.1 Å². The van der Waals surface area contributed by atoms with Crippen LogP contribution in [0.5, 0.6) is 0 Å². The van der Waals surface area contributed by atoms with Crippen molar-refractivity contribution < 1.29 is 4.79 Å². The minimum atomic E-state index is -0.391. The molecule has 0 spiro atoms. The third-order valence-electron chi connectivity index (χ3n) is 3.83. The van der Waals surface area contributed by atoms with Crippen LogP contribution in [-0.2, 0) is 17.8 Å². The number of rotatable bonds is 3. The molecule has 0 saturated carbocycles. The molecule has 0 bridgehead atoms. The Bertz CT molecular complexity index is 695. The predicted molar refractivity (Wildman–Crippen MR) is 84.4 cm³/mol. The first kappa shape index (κ1) is 14.3. The first-order valence-electron chi connectivity index (χ1n) is 6.96. The van der Waals surface area contributed by atoms with Gasteiger partial charge < -0.3 is 11.5 Å². The third kappa shape index (κ3) is 2.61. The minimum absolute atomic E-state index is 0.0440. The normalized spacial score (nSPS) is 17.5. The van der Waals surface area contributed by atoms with Gasteiger partial charge in [-0.05, 0) is 25.3 Å². The van der Waals surface area contributed by atoms with Crippen LogP contribution >= 0.6 is 15.9 Å². The van der Waals surface area contributed by atoms with Crippen LogP contribution in [0.4, 0.5) is 0 Å². The monoisotopic (exact) mass is 348 g/mol. The Morgan fingerprint density at radius 3 is 2.90 bits per heavy atom. The van der Waals surface area contributed by atoms with E-state index >= 15 is 0 Å². The van der Waals surface area contributed by atoms with E-state index < -0.39 is 5.91 Å². The Morgan fingerprint density at radius 2 is 2.19 bits per heavy atom. The Hall–Kier alpha value is -1.66. The fourth-order valence-electron chi connectivity index (χ4n) is 2.93. The van der Waals surface area contributed by atoms with Crippen LogP contribution < -0.4 is 11.5 Å². The molecule has 1 atom stereocenters. The van der Waals surface area contributed by atoms with Gasteiger partial charge in [0.2, 0.25) is 5.91 Å². The highest BCUT2D eigenvalue weighted by Crippen LogP contribution is 2.38. The van der Waals surface area contributed by atoms with Crippen LogP contribution in [-0.4, -0.2) is 15.7 Å². The summed E-state index contributed by atoms with van der Waals surface area (Å²) in [6, 6.07) is 7.86. The number of benzene rings is 1. The lowest BCUT2D eigenvalue weighted by atomic mass is 9.89. The maximum atomic E-state index is 11.3. The summed E-state index contributed by atoms with van der Waals surface area (Å²) in [5, 5.41) is 4.62. The number of fused-ring (bicyclic) bond motifs is 1. The zero-order chi connectivity index (χ0) is 15.0. The van der Waals surface area contributed by atoms with Gasteiger partial charge in [0, 0.05) is 27.3 Å². The average molecular weight is 349 g/mol. The summed E-state index contributed by atoms with van der Waals surface area (Å²) in [5.41, 5.74) is 15.6. The van der Waals surface area contributed by atoms with Crippen molar-refractivity contribution in [2.75, 3.05) is 0 Å². The van der Waals surface area contributed by atoms with E-state index in [1.54, 1.807) is 4.68 Å². The molecule has 1 amide bonds. The van der Waals surface area contributed by atoms with Gasteiger partial charge in [-0.2, -0.15) is 5.10 Å². The molecule has 1 heterocycles. The summed E-state index contributed by atoms with van der Waals surface area (Å²) in [7, 11) is 0. The van der Waals surface area contributed by atoms with Crippen molar-refractivity contribution in [1.29, 1.82) is 0 Å². The number of carbonyl (C=O) groups excluding carboxylic acids is 1. The first-order valence-corrected chi connectivity index (χ1v) is 7.75. The number of halogens is 1. The molecule has 110 valence electrons. The van der Waals surface area contributed by atoms with Crippen molar-refractivity contribution in [2.24, 2.45) is 11.5 Å². The van der Waals surface area contributed by atoms with Crippen LogP contribution in [0.3, 0.4) is 0 Å². The SMILES string of the molecule is NC(=O)Cn1nc(-c2ccccc2Br)c2c1CCCC2N. The fourth-order valence-corrected chi connectivity index (χ4v) is 3.40. The number of hydrogen-bond acceptors (Lipinski definition) is 3. The number of amides is 1. The zero-order valence-corrected chi connectivity index (χ0v) is 13.1. The number of nitrogens with zero attached hydrogens (tertiary/aromatic N) is 2. The standard InChI is InChI=1S/C15H17BrN4O/c16-10-5-2-1-4-9(10)15-14-11(17)6-3-7-12(14)20(19-15)8-13(18)21/h1-2,4-5,11H,3,6-8,17H2,(H2,18,21). The Balaban J connectivity index is 2.19. The summed E-state index contributed by atoms with van der Waals surface area (Å²) in [6.07, 6.45) is 2.83. The Morgan fingerprint density at radius 1 is 1.43 bits per heavy atom. The molecule has 1 unspecified atom stereocenters. The number of carbonyl (C=O) groups is 1. The molecule has 21 heavy (non-hydrogen) atoms. The van der Waals surface area contributed by atoms with Crippen LogP contribution in [0, 0.1) is 0 Å². The van der Waals surface area contributed by atoms with Gasteiger partial charge in [-0.15, -0.1) is 0 Å². The lowest BCUT2D eigenvalue weighted by Crippen LogP contribution is -2.23. The quantitative estimate of drug-likeness (QED) is 0.890. The predicted octanol–water partition coefficient (Wildman–Crippen LogP) is 2.13. The summed E-state index contributed by atoms with van der Waals surface area (Å²) >= 11 is 3.56. The molecule has 1 aliphatic carbocycles. The maximum Gasteiger partial charge on any atom is 0.239 e. The molecular formula is C15H17BrN4O. The van der Waals surface area contributed by atoms with E-state index in [9.17, 15) is 4.79 Å².